The lowest BCUT2D eigenvalue weighted by Crippen LogP contribution is -2.43. The lowest BCUT2D eigenvalue weighted by atomic mass is 9.95. The minimum absolute atomic E-state index is 0.181. The fourth-order valence-corrected chi connectivity index (χ4v) is 2.10. The van der Waals surface area contributed by atoms with Crippen molar-refractivity contribution < 1.29 is 29.4 Å². The zero-order valence-corrected chi connectivity index (χ0v) is 13.5. The van der Waals surface area contributed by atoms with Crippen LogP contribution in [0.3, 0.4) is 0 Å². The van der Waals surface area contributed by atoms with E-state index in [1.165, 1.54) is 0 Å². The predicted molar refractivity (Wildman–Crippen MR) is 82.9 cm³/mol. The van der Waals surface area contributed by atoms with Gasteiger partial charge in [-0.2, -0.15) is 12.6 Å². The molecule has 0 aliphatic rings. The number of ketones is 1. The molecule has 2 unspecified atom stereocenters. The summed E-state index contributed by atoms with van der Waals surface area (Å²) < 4.78 is 0. The highest BCUT2D eigenvalue weighted by Crippen LogP contribution is 2.12. The van der Waals surface area contributed by atoms with E-state index in [4.69, 9.17) is 10.2 Å². The smallest absolute Gasteiger partial charge is 0.306 e. The Morgan fingerprint density at radius 3 is 2.18 bits per heavy atom. The number of carboxylic acids is 2. The lowest BCUT2D eigenvalue weighted by Gasteiger charge is -2.18. The van der Waals surface area contributed by atoms with Crippen LogP contribution in [-0.2, 0) is 19.2 Å². The van der Waals surface area contributed by atoms with E-state index in [9.17, 15) is 19.2 Å². The highest BCUT2D eigenvalue weighted by atomic mass is 32.1. The number of thiol groups is 1. The third-order valence-corrected chi connectivity index (χ3v) is 3.52. The van der Waals surface area contributed by atoms with Gasteiger partial charge in [0, 0.05) is 12.8 Å². The number of carbonyl (C=O) groups is 4. The zero-order chi connectivity index (χ0) is 17.1. The summed E-state index contributed by atoms with van der Waals surface area (Å²) in [5, 5.41) is 20.2. The van der Waals surface area contributed by atoms with Crippen molar-refractivity contribution in [1.82, 2.24) is 5.32 Å². The summed E-state index contributed by atoms with van der Waals surface area (Å²) in [5.74, 6) is -3.54. The Balaban J connectivity index is 4.67. The van der Waals surface area contributed by atoms with E-state index in [1.54, 1.807) is 6.92 Å². The van der Waals surface area contributed by atoms with E-state index >= 15 is 0 Å². The Bertz CT molecular complexity index is 412. The molecular formula is C14H23NO6S. The third kappa shape index (κ3) is 8.66. The topological polar surface area (TPSA) is 121 Å². The summed E-state index contributed by atoms with van der Waals surface area (Å²) in [5.41, 5.74) is 0. The highest BCUT2D eigenvalue weighted by molar-refractivity contribution is 7.80. The van der Waals surface area contributed by atoms with Gasteiger partial charge in [0.05, 0.1) is 18.4 Å². The van der Waals surface area contributed by atoms with Crippen molar-refractivity contribution in [2.24, 2.45) is 5.92 Å². The molecule has 2 atom stereocenters. The number of nitrogens with one attached hydrogen (secondary N) is 1. The first-order chi connectivity index (χ1) is 10.3. The molecule has 0 saturated heterocycles. The Morgan fingerprint density at radius 1 is 1.09 bits per heavy atom. The van der Waals surface area contributed by atoms with Crippen LogP contribution < -0.4 is 5.32 Å². The van der Waals surface area contributed by atoms with E-state index in [0.717, 1.165) is 6.42 Å². The maximum Gasteiger partial charge on any atom is 0.306 e. The van der Waals surface area contributed by atoms with Crippen LogP contribution in [0.5, 0.6) is 0 Å². The Labute approximate surface area is 134 Å². The van der Waals surface area contributed by atoms with Crippen molar-refractivity contribution in [2.75, 3.05) is 5.75 Å². The van der Waals surface area contributed by atoms with E-state index in [-0.39, 0.29) is 19.3 Å². The van der Waals surface area contributed by atoms with Crippen LogP contribution in [0.2, 0.25) is 0 Å². The maximum atomic E-state index is 12.1. The van der Waals surface area contributed by atoms with Crippen molar-refractivity contribution >= 4 is 36.3 Å². The number of aliphatic carboxylic acids is 2. The molecule has 0 aliphatic carbocycles. The van der Waals surface area contributed by atoms with E-state index in [1.807, 2.05) is 0 Å². The normalized spacial score (nSPS) is 13.2. The Kier molecular flexibility index (Phi) is 10.3. The van der Waals surface area contributed by atoms with Crippen molar-refractivity contribution in [2.45, 2.75) is 51.5 Å². The van der Waals surface area contributed by atoms with Crippen LogP contribution in [-0.4, -0.2) is 45.6 Å². The molecule has 0 aromatic heterocycles. The molecule has 0 rings (SSSR count). The number of hydrogen-bond donors (Lipinski definition) is 4. The molecule has 126 valence electrons. The number of Topliss-reactive ketones (excluding diaryl/α,β-unsaturated/α-hetero) is 1. The van der Waals surface area contributed by atoms with Gasteiger partial charge in [-0.15, -0.1) is 0 Å². The summed E-state index contributed by atoms with van der Waals surface area (Å²) in [6.07, 6.45) is 0.936. The number of rotatable bonds is 12. The first kappa shape index (κ1) is 20.4. The van der Waals surface area contributed by atoms with Gasteiger partial charge in [-0.25, -0.2) is 0 Å². The maximum absolute atomic E-state index is 12.1. The number of hydrogen-bond acceptors (Lipinski definition) is 5. The van der Waals surface area contributed by atoms with Crippen LogP contribution in [0.1, 0.15) is 45.4 Å². The average molecular weight is 333 g/mol. The first-order valence-corrected chi connectivity index (χ1v) is 7.82. The van der Waals surface area contributed by atoms with E-state index in [2.05, 4.69) is 17.9 Å². The molecule has 22 heavy (non-hydrogen) atoms. The molecule has 3 N–H and O–H groups in total. The van der Waals surface area contributed by atoms with Gasteiger partial charge >= 0.3 is 11.9 Å². The van der Waals surface area contributed by atoms with Gasteiger partial charge in [0.25, 0.3) is 0 Å². The molecule has 8 heteroatoms. The molecule has 0 saturated carbocycles. The van der Waals surface area contributed by atoms with Crippen LogP contribution in [0, 0.1) is 5.92 Å². The minimum atomic E-state index is -1.22. The van der Waals surface area contributed by atoms with Crippen LogP contribution in [0.15, 0.2) is 0 Å². The lowest BCUT2D eigenvalue weighted by molar-refractivity contribution is -0.144. The number of unbranched alkanes of at least 4 members (excludes halogenated alkanes) is 1. The highest BCUT2D eigenvalue weighted by Gasteiger charge is 2.27. The summed E-state index contributed by atoms with van der Waals surface area (Å²) in [6.45, 7) is 1.63. The number of carbonyl (C=O) groups excluding carboxylic acids is 2. The monoisotopic (exact) mass is 333 g/mol. The van der Waals surface area contributed by atoms with Gasteiger partial charge < -0.3 is 15.5 Å². The Morgan fingerprint density at radius 2 is 1.73 bits per heavy atom. The molecule has 0 fully saturated rings. The van der Waals surface area contributed by atoms with Gasteiger partial charge in [-0.1, -0.05) is 6.92 Å². The van der Waals surface area contributed by atoms with E-state index in [0.29, 0.717) is 12.2 Å². The van der Waals surface area contributed by atoms with Gasteiger partial charge in [-0.05, 0) is 25.0 Å². The molecule has 1 amide bonds. The SMILES string of the molecule is CCC(CC(=O)C(CC(=O)O)NC(=O)CCCCS)C(=O)O. The average Bonchev–Trinajstić information content (AvgIpc) is 2.43. The molecule has 0 heterocycles. The van der Waals surface area contributed by atoms with Gasteiger partial charge in [0.1, 0.15) is 0 Å². The summed E-state index contributed by atoms with van der Waals surface area (Å²) in [7, 11) is 0. The Hall–Kier alpha value is -1.57. The zero-order valence-electron chi connectivity index (χ0n) is 12.6. The van der Waals surface area contributed by atoms with E-state index < -0.39 is 42.0 Å². The number of amides is 1. The third-order valence-electron chi connectivity index (χ3n) is 3.20. The standard InChI is InChI=1S/C14H23NO6S/c1-2-9(14(20)21)7-11(16)10(8-13(18)19)15-12(17)5-3-4-6-22/h9-10,22H,2-8H2,1H3,(H,15,17)(H,18,19)(H,20,21). The molecule has 0 aliphatic heterocycles. The van der Waals surface area contributed by atoms with Crippen molar-refractivity contribution in [3.8, 4) is 0 Å². The molecule has 0 bridgehead atoms. The fourth-order valence-electron chi connectivity index (χ4n) is 1.88. The predicted octanol–water partition coefficient (Wildman–Crippen LogP) is 1.12. The quantitative estimate of drug-likeness (QED) is 0.314. The first-order valence-electron chi connectivity index (χ1n) is 7.19. The summed E-state index contributed by atoms with van der Waals surface area (Å²) in [6, 6.07) is -1.19. The summed E-state index contributed by atoms with van der Waals surface area (Å²) >= 11 is 4.02. The van der Waals surface area contributed by atoms with Gasteiger partial charge in [0.15, 0.2) is 5.78 Å². The van der Waals surface area contributed by atoms with Gasteiger partial charge in [-0.3, -0.25) is 19.2 Å². The molecule has 0 radical (unpaired) electrons. The van der Waals surface area contributed by atoms with Crippen LogP contribution >= 0.6 is 12.6 Å². The molecule has 0 spiro atoms. The van der Waals surface area contributed by atoms with Crippen molar-refractivity contribution in [3.63, 3.8) is 0 Å². The van der Waals surface area contributed by atoms with Gasteiger partial charge in [0.2, 0.25) is 5.91 Å². The fraction of sp³-hybridized carbons (Fsp3) is 0.714. The molecule has 0 aromatic rings. The van der Waals surface area contributed by atoms with Crippen LogP contribution in [0.4, 0.5) is 0 Å². The molecular weight excluding hydrogens is 310 g/mol. The van der Waals surface area contributed by atoms with Crippen molar-refractivity contribution in [1.29, 1.82) is 0 Å². The second-order valence-electron chi connectivity index (χ2n) is 5.01. The second kappa shape index (κ2) is 11.1. The minimum Gasteiger partial charge on any atom is -0.481 e. The number of carboxylic acid groups (broad SMARTS) is 2. The molecule has 7 nitrogen and oxygen atoms in total. The largest absolute Gasteiger partial charge is 0.481 e. The van der Waals surface area contributed by atoms with Crippen LogP contribution in [0.25, 0.3) is 0 Å². The summed E-state index contributed by atoms with van der Waals surface area (Å²) in [4.78, 5) is 45.5. The van der Waals surface area contributed by atoms with Crippen molar-refractivity contribution in [3.05, 3.63) is 0 Å². The molecule has 0 aromatic carbocycles. The second-order valence-corrected chi connectivity index (χ2v) is 5.46.